The van der Waals surface area contributed by atoms with Gasteiger partial charge in [0.25, 0.3) is 0 Å². The molecule has 0 radical (unpaired) electrons. The van der Waals surface area contributed by atoms with Gasteiger partial charge < -0.3 is 4.42 Å². The Balaban J connectivity index is 0.995. The molecule has 1 aliphatic carbocycles. The minimum atomic E-state index is -0.197. The summed E-state index contributed by atoms with van der Waals surface area (Å²) in [7, 11) is 0. The van der Waals surface area contributed by atoms with Crippen LogP contribution in [-0.4, -0.2) is 0 Å². The molecule has 0 saturated carbocycles. The van der Waals surface area contributed by atoms with Crippen molar-refractivity contribution in [1.82, 2.24) is 0 Å². The van der Waals surface area contributed by atoms with E-state index < -0.39 is 0 Å². The van der Waals surface area contributed by atoms with Gasteiger partial charge in [-0.3, -0.25) is 0 Å². The predicted molar refractivity (Wildman–Crippen MR) is 239 cm³/mol. The second-order valence-electron chi connectivity index (χ2n) is 16.0. The normalized spacial score (nSPS) is 13.5. The first kappa shape index (κ1) is 33.4. The highest BCUT2D eigenvalue weighted by atomic mass is 16.3. The molecule has 1 unspecified atom stereocenters. The van der Waals surface area contributed by atoms with Gasteiger partial charge in [0.05, 0.1) is 0 Å². The molecule has 1 nitrogen and oxygen atoms in total. The van der Waals surface area contributed by atoms with Gasteiger partial charge in [-0.1, -0.05) is 202 Å². The van der Waals surface area contributed by atoms with E-state index in [0.717, 1.165) is 27.5 Å². The van der Waals surface area contributed by atoms with Crippen LogP contribution in [0, 0.1) is 0 Å². The summed E-state index contributed by atoms with van der Waals surface area (Å²) in [5.74, 6) is 0.0525. The van der Waals surface area contributed by atoms with E-state index in [-0.39, 0.29) is 11.3 Å². The third-order valence-electron chi connectivity index (χ3n) is 12.5. The molecule has 10 aromatic rings. The van der Waals surface area contributed by atoms with Gasteiger partial charge in [-0.25, -0.2) is 0 Å². The zero-order valence-corrected chi connectivity index (χ0v) is 32.0. The summed E-state index contributed by atoms with van der Waals surface area (Å²) in [6.07, 6.45) is 0. The number of furan rings is 1. The zero-order valence-electron chi connectivity index (χ0n) is 32.0. The number of hydrogen-bond acceptors (Lipinski definition) is 1. The number of rotatable bonds is 6. The first-order valence-electron chi connectivity index (χ1n) is 19.9. The molecule has 1 aliphatic rings. The second-order valence-corrected chi connectivity index (χ2v) is 16.0. The first-order chi connectivity index (χ1) is 28.0. The van der Waals surface area contributed by atoms with Crippen LogP contribution in [0.5, 0.6) is 0 Å². The molecule has 1 heterocycles. The molecule has 1 atom stereocenters. The van der Waals surface area contributed by atoms with Crippen LogP contribution in [0.2, 0.25) is 0 Å². The van der Waals surface area contributed by atoms with Gasteiger partial charge in [-0.15, -0.1) is 0 Å². The maximum absolute atomic E-state index is 6.48. The first-order valence-corrected chi connectivity index (χ1v) is 19.9. The molecule has 0 spiro atoms. The molecule has 9 aromatic carbocycles. The quantitative estimate of drug-likeness (QED) is 0.155. The van der Waals surface area contributed by atoms with Crippen molar-refractivity contribution in [3.63, 3.8) is 0 Å². The van der Waals surface area contributed by atoms with Crippen molar-refractivity contribution < 1.29 is 4.42 Å². The zero-order chi connectivity index (χ0) is 38.1. The molecule has 0 amide bonds. The van der Waals surface area contributed by atoms with Crippen molar-refractivity contribution in [3.8, 4) is 44.5 Å². The number of fused-ring (bicyclic) bond motifs is 7. The number of para-hydroxylation sites is 2. The van der Waals surface area contributed by atoms with Gasteiger partial charge in [0, 0.05) is 27.7 Å². The Labute approximate surface area is 333 Å². The summed E-state index contributed by atoms with van der Waals surface area (Å²) in [6.45, 7) is 4.77. The number of benzene rings is 9. The van der Waals surface area contributed by atoms with E-state index in [1.165, 1.54) is 77.5 Å². The van der Waals surface area contributed by atoms with Crippen LogP contribution in [0.3, 0.4) is 0 Å². The van der Waals surface area contributed by atoms with Crippen LogP contribution in [0.25, 0.3) is 77.2 Å². The standard InChI is InChI=1S/C56H40O/c1-56(2)51-34-42(45-18-11-20-50-48-17-8-9-21-53(48)57-55(45)50)30-32-46(51)47-33-31-43(35-52(47)56)54(49-19-10-15-40-14-6-7-16-44(40)49)41-28-26-39(27-29-41)38-24-22-37(23-25-38)36-12-4-3-5-13-36/h3-35,54H,1-2H3. The van der Waals surface area contributed by atoms with Gasteiger partial charge in [0.2, 0.25) is 0 Å². The molecule has 57 heavy (non-hydrogen) atoms. The minimum absolute atomic E-state index is 0.0525. The van der Waals surface area contributed by atoms with E-state index in [9.17, 15) is 0 Å². The summed E-state index contributed by atoms with van der Waals surface area (Å²) in [6, 6.07) is 73.4. The Morgan fingerprint density at radius 3 is 1.70 bits per heavy atom. The summed E-state index contributed by atoms with van der Waals surface area (Å²) in [5.41, 5.74) is 18.1. The van der Waals surface area contributed by atoms with Crippen molar-refractivity contribution in [2.24, 2.45) is 0 Å². The fourth-order valence-electron chi connectivity index (χ4n) is 9.48. The van der Waals surface area contributed by atoms with Crippen LogP contribution in [-0.2, 0) is 5.41 Å². The Kier molecular flexibility index (Phi) is 7.66. The monoisotopic (exact) mass is 728 g/mol. The molecule has 0 bridgehead atoms. The van der Waals surface area contributed by atoms with Crippen LogP contribution in [0.15, 0.2) is 205 Å². The van der Waals surface area contributed by atoms with Gasteiger partial charge >= 0.3 is 0 Å². The molecule has 0 aliphatic heterocycles. The van der Waals surface area contributed by atoms with Gasteiger partial charge in [0.15, 0.2) is 0 Å². The predicted octanol–water partition coefficient (Wildman–Crippen LogP) is 15.2. The fourth-order valence-corrected chi connectivity index (χ4v) is 9.48. The summed E-state index contributed by atoms with van der Waals surface area (Å²) < 4.78 is 6.48. The van der Waals surface area contributed by atoms with Crippen LogP contribution in [0.4, 0.5) is 0 Å². The van der Waals surface area contributed by atoms with Crippen molar-refractivity contribution in [3.05, 3.63) is 228 Å². The minimum Gasteiger partial charge on any atom is -0.455 e. The maximum atomic E-state index is 6.48. The lowest BCUT2D eigenvalue weighted by molar-refractivity contribution is 0.658. The van der Waals surface area contributed by atoms with Gasteiger partial charge in [0.1, 0.15) is 11.2 Å². The summed E-state index contributed by atoms with van der Waals surface area (Å²) in [4.78, 5) is 0. The van der Waals surface area contributed by atoms with E-state index in [1.807, 2.05) is 6.07 Å². The molecule has 0 fully saturated rings. The molecule has 1 heteroatoms. The van der Waals surface area contributed by atoms with E-state index >= 15 is 0 Å². The lowest BCUT2D eigenvalue weighted by Gasteiger charge is -2.25. The Bertz CT molecular complexity index is 3120. The summed E-state index contributed by atoms with van der Waals surface area (Å²) >= 11 is 0. The summed E-state index contributed by atoms with van der Waals surface area (Å²) in [5, 5.41) is 4.86. The van der Waals surface area contributed by atoms with Crippen LogP contribution >= 0.6 is 0 Å². The molecule has 0 saturated heterocycles. The van der Waals surface area contributed by atoms with Crippen molar-refractivity contribution >= 4 is 32.7 Å². The molecule has 0 N–H and O–H groups in total. The van der Waals surface area contributed by atoms with Gasteiger partial charge in [-0.05, 0) is 89.7 Å². The second kappa shape index (κ2) is 13.1. The maximum Gasteiger partial charge on any atom is 0.143 e. The molecular formula is C56H40O. The highest BCUT2D eigenvalue weighted by molar-refractivity contribution is 6.09. The van der Waals surface area contributed by atoms with Gasteiger partial charge in [-0.2, -0.15) is 0 Å². The number of hydrogen-bond donors (Lipinski definition) is 0. The van der Waals surface area contributed by atoms with E-state index in [2.05, 4.69) is 208 Å². The van der Waals surface area contributed by atoms with Crippen molar-refractivity contribution in [1.29, 1.82) is 0 Å². The molecule has 270 valence electrons. The highest BCUT2D eigenvalue weighted by Gasteiger charge is 2.37. The third-order valence-corrected chi connectivity index (χ3v) is 12.5. The molecular weight excluding hydrogens is 689 g/mol. The van der Waals surface area contributed by atoms with E-state index in [4.69, 9.17) is 4.42 Å². The smallest absolute Gasteiger partial charge is 0.143 e. The largest absolute Gasteiger partial charge is 0.455 e. The van der Waals surface area contributed by atoms with Crippen molar-refractivity contribution in [2.45, 2.75) is 25.2 Å². The third kappa shape index (κ3) is 5.46. The Hall–Kier alpha value is -6.96. The SMILES string of the molecule is CC1(C)c2cc(-c3cccc4c3oc3ccccc34)ccc2-c2ccc(C(c3ccc(-c4ccc(-c5ccccc5)cc4)cc3)c3cccc4ccccc34)cc21. The van der Waals surface area contributed by atoms with E-state index in [0.29, 0.717) is 0 Å². The topological polar surface area (TPSA) is 13.1 Å². The van der Waals surface area contributed by atoms with E-state index in [1.54, 1.807) is 0 Å². The molecule has 11 rings (SSSR count). The highest BCUT2D eigenvalue weighted by Crippen LogP contribution is 2.52. The lowest BCUT2D eigenvalue weighted by Crippen LogP contribution is -2.16. The van der Waals surface area contributed by atoms with Crippen molar-refractivity contribution in [2.75, 3.05) is 0 Å². The average molecular weight is 729 g/mol. The fraction of sp³-hybridized carbons (Fsp3) is 0.0714. The Morgan fingerprint density at radius 1 is 0.386 bits per heavy atom. The van der Waals surface area contributed by atoms with Crippen LogP contribution < -0.4 is 0 Å². The average Bonchev–Trinajstić information content (AvgIpc) is 3.76. The molecule has 1 aromatic heterocycles. The Morgan fingerprint density at radius 2 is 0.930 bits per heavy atom. The van der Waals surface area contributed by atoms with Crippen LogP contribution in [0.1, 0.15) is 47.6 Å². The lowest BCUT2D eigenvalue weighted by atomic mass is 9.78.